The number of nitrogens with one attached hydrogen (secondary N) is 1. The zero-order chi connectivity index (χ0) is 14.4. The number of para-hydroxylation sites is 1. The average molecular weight is 334 g/mol. The zero-order valence-electron chi connectivity index (χ0n) is 11.2. The van der Waals surface area contributed by atoms with Crippen LogP contribution < -0.4 is 10.1 Å². The molecule has 0 radical (unpaired) electrons. The minimum Gasteiger partial charge on any atom is -0.494 e. The lowest BCUT2D eigenvalue weighted by Gasteiger charge is -2.08. The van der Waals surface area contributed by atoms with Crippen molar-refractivity contribution in [1.82, 2.24) is 0 Å². The normalized spacial score (nSPS) is 10.1. The third-order valence-corrected chi connectivity index (χ3v) is 3.40. The largest absolute Gasteiger partial charge is 0.494 e. The summed E-state index contributed by atoms with van der Waals surface area (Å²) in [6.45, 7) is 2.74. The van der Waals surface area contributed by atoms with Gasteiger partial charge in [0.05, 0.1) is 12.3 Å². The lowest BCUT2D eigenvalue weighted by atomic mass is 10.2. The first kappa shape index (κ1) is 14.6. The molecule has 0 bridgehead atoms. The van der Waals surface area contributed by atoms with Gasteiger partial charge in [-0.2, -0.15) is 0 Å². The summed E-state index contributed by atoms with van der Waals surface area (Å²) in [5.74, 6) is 0.642. The summed E-state index contributed by atoms with van der Waals surface area (Å²) in [4.78, 5) is 12.1. The summed E-state index contributed by atoms with van der Waals surface area (Å²) >= 11 is 3.40. The van der Waals surface area contributed by atoms with Gasteiger partial charge in [-0.3, -0.25) is 4.79 Å². The SMILES string of the molecule is CCCOc1ccc(C(=O)Nc2ccccc2Br)cc1. The van der Waals surface area contributed by atoms with Crippen LogP contribution in [0.1, 0.15) is 23.7 Å². The van der Waals surface area contributed by atoms with E-state index >= 15 is 0 Å². The molecule has 2 rings (SSSR count). The molecule has 0 atom stereocenters. The van der Waals surface area contributed by atoms with E-state index in [9.17, 15) is 4.79 Å². The molecule has 0 fully saturated rings. The van der Waals surface area contributed by atoms with E-state index < -0.39 is 0 Å². The van der Waals surface area contributed by atoms with Gasteiger partial charge < -0.3 is 10.1 Å². The van der Waals surface area contributed by atoms with E-state index in [-0.39, 0.29) is 5.91 Å². The van der Waals surface area contributed by atoms with Crippen molar-refractivity contribution in [2.24, 2.45) is 0 Å². The van der Waals surface area contributed by atoms with Gasteiger partial charge >= 0.3 is 0 Å². The molecule has 0 spiro atoms. The van der Waals surface area contributed by atoms with Crippen LogP contribution in [0.3, 0.4) is 0 Å². The summed E-state index contributed by atoms with van der Waals surface area (Å²) in [7, 11) is 0. The number of anilines is 1. The van der Waals surface area contributed by atoms with Crippen molar-refractivity contribution in [3.05, 3.63) is 58.6 Å². The fourth-order valence-electron chi connectivity index (χ4n) is 1.68. The second-order valence-corrected chi connectivity index (χ2v) is 5.16. The van der Waals surface area contributed by atoms with Crippen LogP contribution in [0.4, 0.5) is 5.69 Å². The number of hydrogen-bond donors (Lipinski definition) is 1. The van der Waals surface area contributed by atoms with Crippen molar-refractivity contribution >= 4 is 27.5 Å². The Morgan fingerprint density at radius 1 is 1.15 bits per heavy atom. The van der Waals surface area contributed by atoms with Crippen LogP contribution in [0.5, 0.6) is 5.75 Å². The second-order valence-electron chi connectivity index (χ2n) is 4.31. The fourth-order valence-corrected chi connectivity index (χ4v) is 2.06. The molecule has 1 amide bonds. The Morgan fingerprint density at radius 3 is 2.50 bits per heavy atom. The minimum absolute atomic E-state index is 0.140. The number of benzene rings is 2. The van der Waals surface area contributed by atoms with Crippen LogP contribution in [-0.4, -0.2) is 12.5 Å². The van der Waals surface area contributed by atoms with Gasteiger partial charge in [-0.15, -0.1) is 0 Å². The van der Waals surface area contributed by atoms with E-state index in [0.717, 1.165) is 22.3 Å². The first-order valence-corrected chi connectivity index (χ1v) is 7.28. The molecule has 0 saturated heterocycles. The summed E-state index contributed by atoms with van der Waals surface area (Å²) in [6.07, 6.45) is 0.963. The van der Waals surface area contributed by atoms with Gasteiger partial charge in [0, 0.05) is 10.0 Å². The minimum atomic E-state index is -0.140. The number of carbonyl (C=O) groups excluding carboxylic acids is 1. The molecule has 2 aromatic rings. The molecule has 2 aromatic carbocycles. The molecule has 0 aromatic heterocycles. The van der Waals surface area contributed by atoms with E-state index in [2.05, 4.69) is 28.2 Å². The summed E-state index contributed by atoms with van der Waals surface area (Å²) < 4.78 is 6.35. The highest BCUT2D eigenvalue weighted by Gasteiger charge is 2.07. The van der Waals surface area contributed by atoms with Gasteiger partial charge in [0.25, 0.3) is 5.91 Å². The highest BCUT2D eigenvalue weighted by Crippen LogP contribution is 2.22. The smallest absolute Gasteiger partial charge is 0.255 e. The average Bonchev–Trinajstić information content (AvgIpc) is 2.48. The Morgan fingerprint density at radius 2 is 1.85 bits per heavy atom. The van der Waals surface area contributed by atoms with E-state index in [1.165, 1.54) is 0 Å². The number of halogens is 1. The van der Waals surface area contributed by atoms with Crippen LogP contribution in [0.25, 0.3) is 0 Å². The molecule has 0 aliphatic heterocycles. The molecular weight excluding hydrogens is 318 g/mol. The van der Waals surface area contributed by atoms with Crippen LogP contribution in [0, 0.1) is 0 Å². The van der Waals surface area contributed by atoms with Crippen molar-refractivity contribution < 1.29 is 9.53 Å². The van der Waals surface area contributed by atoms with Crippen molar-refractivity contribution in [2.75, 3.05) is 11.9 Å². The molecule has 4 heteroatoms. The lowest BCUT2D eigenvalue weighted by Crippen LogP contribution is -2.12. The summed E-state index contributed by atoms with van der Waals surface area (Å²) in [5, 5.41) is 2.86. The summed E-state index contributed by atoms with van der Waals surface area (Å²) in [6, 6.07) is 14.7. The van der Waals surface area contributed by atoms with Gasteiger partial charge in [-0.05, 0) is 58.7 Å². The Balaban J connectivity index is 2.04. The maximum absolute atomic E-state index is 12.1. The Bertz CT molecular complexity index is 581. The number of carbonyl (C=O) groups is 1. The maximum atomic E-state index is 12.1. The van der Waals surface area contributed by atoms with Crippen LogP contribution in [0.15, 0.2) is 53.0 Å². The number of ether oxygens (including phenoxy) is 1. The Hall–Kier alpha value is -1.81. The van der Waals surface area contributed by atoms with E-state index in [1.807, 2.05) is 36.4 Å². The topological polar surface area (TPSA) is 38.3 Å². The lowest BCUT2D eigenvalue weighted by molar-refractivity contribution is 0.102. The van der Waals surface area contributed by atoms with Crippen molar-refractivity contribution in [1.29, 1.82) is 0 Å². The number of hydrogen-bond acceptors (Lipinski definition) is 2. The van der Waals surface area contributed by atoms with Gasteiger partial charge in [0.2, 0.25) is 0 Å². The molecular formula is C16H16BrNO2. The van der Waals surface area contributed by atoms with Gasteiger partial charge in [0.15, 0.2) is 0 Å². The van der Waals surface area contributed by atoms with Crippen molar-refractivity contribution in [2.45, 2.75) is 13.3 Å². The molecule has 0 aliphatic carbocycles. The first-order chi connectivity index (χ1) is 9.70. The molecule has 1 N–H and O–H groups in total. The molecule has 0 saturated carbocycles. The molecule has 3 nitrogen and oxygen atoms in total. The highest BCUT2D eigenvalue weighted by atomic mass is 79.9. The summed E-state index contributed by atoms with van der Waals surface area (Å²) in [5.41, 5.74) is 1.36. The van der Waals surface area contributed by atoms with E-state index in [4.69, 9.17) is 4.74 Å². The van der Waals surface area contributed by atoms with Gasteiger partial charge in [-0.1, -0.05) is 19.1 Å². The fraction of sp³-hybridized carbons (Fsp3) is 0.188. The maximum Gasteiger partial charge on any atom is 0.255 e. The first-order valence-electron chi connectivity index (χ1n) is 6.49. The van der Waals surface area contributed by atoms with E-state index in [1.54, 1.807) is 12.1 Å². The van der Waals surface area contributed by atoms with Crippen molar-refractivity contribution in [3.63, 3.8) is 0 Å². The highest BCUT2D eigenvalue weighted by molar-refractivity contribution is 9.10. The van der Waals surface area contributed by atoms with E-state index in [0.29, 0.717) is 12.2 Å². The van der Waals surface area contributed by atoms with Gasteiger partial charge in [-0.25, -0.2) is 0 Å². The Kier molecular flexibility index (Phi) is 5.18. The van der Waals surface area contributed by atoms with Crippen molar-refractivity contribution in [3.8, 4) is 5.75 Å². The standard InChI is InChI=1S/C16H16BrNO2/c1-2-11-20-13-9-7-12(8-10-13)16(19)18-15-6-4-3-5-14(15)17/h3-10H,2,11H2,1H3,(H,18,19). The van der Waals surface area contributed by atoms with Gasteiger partial charge in [0.1, 0.15) is 5.75 Å². The monoisotopic (exact) mass is 333 g/mol. The molecule has 0 heterocycles. The predicted octanol–water partition coefficient (Wildman–Crippen LogP) is 4.49. The van der Waals surface area contributed by atoms with Crippen LogP contribution in [-0.2, 0) is 0 Å². The number of rotatable bonds is 5. The quantitative estimate of drug-likeness (QED) is 0.875. The second kappa shape index (κ2) is 7.10. The van der Waals surface area contributed by atoms with Crippen LogP contribution in [0.2, 0.25) is 0 Å². The predicted molar refractivity (Wildman–Crippen MR) is 84.3 cm³/mol. The third kappa shape index (κ3) is 3.84. The molecule has 0 aliphatic rings. The molecule has 0 unspecified atom stereocenters. The molecule has 20 heavy (non-hydrogen) atoms. The zero-order valence-corrected chi connectivity index (χ0v) is 12.8. The van der Waals surface area contributed by atoms with Crippen LogP contribution >= 0.6 is 15.9 Å². The molecule has 104 valence electrons. The Labute approximate surface area is 127 Å². The number of amides is 1. The third-order valence-electron chi connectivity index (χ3n) is 2.71.